The van der Waals surface area contributed by atoms with E-state index in [-0.39, 0.29) is 22.4 Å². The number of rotatable bonds is 5. The van der Waals surface area contributed by atoms with Gasteiger partial charge in [0.05, 0.1) is 11.6 Å². The van der Waals surface area contributed by atoms with E-state index >= 15 is 0 Å². The third-order valence-electron chi connectivity index (χ3n) is 6.92. The molecule has 0 bridgehead atoms. The summed E-state index contributed by atoms with van der Waals surface area (Å²) in [5, 5.41) is 12.9. The van der Waals surface area contributed by atoms with E-state index in [0.717, 1.165) is 37.0 Å². The highest BCUT2D eigenvalue weighted by Gasteiger charge is 2.28. The zero-order chi connectivity index (χ0) is 24.0. The van der Waals surface area contributed by atoms with E-state index in [1.807, 2.05) is 35.7 Å². The van der Waals surface area contributed by atoms with Gasteiger partial charge in [-0.05, 0) is 55.5 Å². The Bertz CT molecular complexity index is 1440. The van der Waals surface area contributed by atoms with Crippen LogP contribution in [0, 0.1) is 5.41 Å². The molecule has 1 atom stereocenters. The van der Waals surface area contributed by atoms with Gasteiger partial charge in [0, 0.05) is 42.1 Å². The fourth-order valence-electron chi connectivity index (χ4n) is 4.76. The van der Waals surface area contributed by atoms with E-state index in [2.05, 4.69) is 24.1 Å². The van der Waals surface area contributed by atoms with Crippen LogP contribution in [0.5, 0.6) is 0 Å². The smallest absolute Gasteiger partial charge is 0.337 e. The van der Waals surface area contributed by atoms with Crippen LogP contribution in [0.4, 0.5) is 11.6 Å². The Hall–Kier alpha value is -3.74. The summed E-state index contributed by atoms with van der Waals surface area (Å²) in [6, 6.07) is 13.9. The van der Waals surface area contributed by atoms with E-state index in [9.17, 15) is 14.7 Å². The monoisotopic (exact) mass is 459 g/mol. The van der Waals surface area contributed by atoms with Crippen LogP contribution in [0.2, 0.25) is 0 Å². The molecule has 3 aromatic heterocycles. The Morgan fingerprint density at radius 2 is 1.85 bits per heavy atom. The van der Waals surface area contributed by atoms with Gasteiger partial charge in [0.1, 0.15) is 5.52 Å². The third kappa shape index (κ3) is 3.91. The standard InChI is InChI=1S/C27H29N3O4/c1-17(28-21-9-5-4-8-19(21)26(32)33)20-15-18-7-6-12-30(18)24-22(31)16-23(34-25(20)24)29-13-10-27(2,3)11-14-29/h4-9,12,15-17,28H,10-11,13-14H2,1-3H3,(H,32,33). The maximum atomic E-state index is 13.4. The molecule has 176 valence electrons. The van der Waals surface area contributed by atoms with Gasteiger partial charge in [-0.1, -0.05) is 26.0 Å². The summed E-state index contributed by atoms with van der Waals surface area (Å²) in [4.78, 5) is 27.2. The van der Waals surface area contributed by atoms with Gasteiger partial charge in [0.15, 0.2) is 11.5 Å². The Kier molecular flexibility index (Phi) is 5.35. The lowest BCUT2D eigenvalue weighted by molar-refractivity contribution is 0.0698. The van der Waals surface area contributed by atoms with Gasteiger partial charge in [-0.15, -0.1) is 0 Å². The fourth-order valence-corrected chi connectivity index (χ4v) is 4.76. The molecule has 1 aliphatic rings. The largest absolute Gasteiger partial charge is 0.478 e. The lowest BCUT2D eigenvalue weighted by Crippen LogP contribution is -2.37. The molecule has 7 nitrogen and oxygen atoms in total. The SMILES string of the molecule is CC(Nc1ccccc1C(=O)O)c1cc2cccn2c2c(=O)cc(N3CCC(C)(C)CC3)oc12. The topological polar surface area (TPSA) is 87.2 Å². The quantitative estimate of drug-likeness (QED) is 0.407. The second kappa shape index (κ2) is 8.24. The molecule has 1 aliphatic heterocycles. The summed E-state index contributed by atoms with van der Waals surface area (Å²) in [5.41, 5.74) is 3.58. The van der Waals surface area contributed by atoms with E-state index < -0.39 is 5.97 Å². The van der Waals surface area contributed by atoms with Crippen molar-refractivity contribution in [2.45, 2.75) is 39.7 Å². The van der Waals surface area contributed by atoms with Crippen LogP contribution in [0.1, 0.15) is 55.6 Å². The predicted octanol–water partition coefficient (Wildman–Crippen LogP) is 5.54. The lowest BCUT2D eigenvalue weighted by atomic mass is 9.83. The number of hydrogen-bond donors (Lipinski definition) is 2. The van der Waals surface area contributed by atoms with Crippen LogP contribution in [-0.2, 0) is 0 Å². The summed E-state index contributed by atoms with van der Waals surface area (Å²) in [6.45, 7) is 8.15. The summed E-state index contributed by atoms with van der Waals surface area (Å²) in [7, 11) is 0. The number of nitrogens with one attached hydrogen (secondary N) is 1. The zero-order valence-electron chi connectivity index (χ0n) is 19.7. The molecular formula is C27H29N3O4. The highest BCUT2D eigenvalue weighted by Crippen LogP contribution is 2.35. The minimum Gasteiger partial charge on any atom is -0.478 e. The van der Waals surface area contributed by atoms with Crippen LogP contribution in [0.3, 0.4) is 0 Å². The number of pyridine rings is 1. The molecule has 1 saturated heterocycles. The Balaban J connectivity index is 1.62. The van der Waals surface area contributed by atoms with Gasteiger partial charge >= 0.3 is 5.97 Å². The Morgan fingerprint density at radius 1 is 1.12 bits per heavy atom. The van der Waals surface area contributed by atoms with Gasteiger partial charge in [-0.3, -0.25) is 4.79 Å². The first-order valence-electron chi connectivity index (χ1n) is 11.7. The van der Waals surface area contributed by atoms with Gasteiger partial charge in [-0.25, -0.2) is 4.79 Å². The summed E-state index contributed by atoms with van der Waals surface area (Å²) in [6.07, 6.45) is 3.92. The predicted molar refractivity (Wildman–Crippen MR) is 134 cm³/mol. The Morgan fingerprint density at radius 3 is 2.59 bits per heavy atom. The van der Waals surface area contributed by atoms with Crippen molar-refractivity contribution in [2.75, 3.05) is 23.3 Å². The normalized spacial score (nSPS) is 16.6. The molecule has 1 fully saturated rings. The van der Waals surface area contributed by atoms with Crippen LogP contribution < -0.4 is 15.6 Å². The van der Waals surface area contributed by atoms with Crippen molar-refractivity contribution >= 4 is 34.2 Å². The second-order valence-corrected chi connectivity index (χ2v) is 9.90. The number of para-hydroxylation sites is 1. The van der Waals surface area contributed by atoms with Crippen LogP contribution in [0.25, 0.3) is 16.6 Å². The number of nitrogens with zero attached hydrogens (tertiary/aromatic N) is 2. The summed E-state index contributed by atoms with van der Waals surface area (Å²) >= 11 is 0. The van der Waals surface area contributed by atoms with Crippen molar-refractivity contribution in [1.29, 1.82) is 0 Å². The van der Waals surface area contributed by atoms with Crippen molar-refractivity contribution < 1.29 is 14.3 Å². The molecule has 0 saturated carbocycles. The number of anilines is 2. The number of carboxylic acid groups (broad SMARTS) is 1. The van der Waals surface area contributed by atoms with E-state index in [4.69, 9.17) is 4.42 Å². The summed E-state index contributed by atoms with van der Waals surface area (Å²) < 4.78 is 8.30. The highest BCUT2D eigenvalue weighted by atomic mass is 16.4. The third-order valence-corrected chi connectivity index (χ3v) is 6.92. The number of carbonyl (C=O) groups is 1. The lowest BCUT2D eigenvalue weighted by Gasteiger charge is -2.37. The Labute approximate surface area is 197 Å². The van der Waals surface area contributed by atoms with Crippen LogP contribution in [-0.4, -0.2) is 28.6 Å². The first-order chi connectivity index (χ1) is 16.2. The van der Waals surface area contributed by atoms with Gasteiger partial charge < -0.3 is 24.1 Å². The molecule has 7 heteroatoms. The number of aromatic nitrogens is 1. The molecule has 0 amide bonds. The van der Waals surface area contributed by atoms with Crippen molar-refractivity contribution in [3.8, 4) is 0 Å². The molecular weight excluding hydrogens is 430 g/mol. The number of benzene rings is 1. The fraction of sp³-hybridized carbons (Fsp3) is 0.333. The number of hydrogen-bond acceptors (Lipinski definition) is 5. The molecule has 1 aromatic carbocycles. The molecule has 0 aliphatic carbocycles. The van der Waals surface area contributed by atoms with E-state index in [1.165, 1.54) is 0 Å². The minimum atomic E-state index is -0.996. The number of fused-ring (bicyclic) bond motifs is 3. The maximum Gasteiger partial charge on any atom is 0.337 e. The number of aromatic carboxylic acids is 1. The molecule has 34 heavy (non-hydrogen) atoms. The van der Waals surface area contributed by atoms with Crippen molar-refractivity contribution in [1.82, 2.24) is 4.40 Å². The van der Waals surface area contributed by atoms with Gasteiger partial charge in [-0.2, -0.15) is 0 Å². The second-order valence-electron chi connectivity index (χ2n) is 9.90. The average molecular weight is 460 g/mol. The van der Waals surface area contributed by atoms with Gasteiger partial charge in [0.25, 0.3) is 0 Å². The first kappa shape index (κ1) is 22.1. The molecule has 4 heterocycles. The average Bonchev–Trinajstić information content (AvgIpc) is 3.27. The number of piperidine rings is 1. The van der Waals surface area contributed by atoms with Crippen molar-refractivity contribution in [3.05, 3.63) is 76.1 Å². The van der Waals surface area contributed by atoms with E-state index in [0.29, 0.717) is 22.7 Å². The minimum absolute atomic E-state index is 0.0951. The zero-order valence-corrected chi connectivity index (χ0v) is 19.7. The molecule has 2 N–H and O–H groups in total. The highest BCUT2D eigenvalue weighted by molar-refractivity contribution is 5.94. The van der Waals surface area contributed by atoms with Gasteiger partial charge in [0.2, 0.25) is 5.43 Å². The maximum absolute atomic E-state index is 13.4. The molecule has 1 unspecified atom stereocenters. The first-order valence-corrected chi connectivity index (χ1v) is 11.7. The van der Waals surface area contributed by atoms with Crippen molar-refractivity contribution in [2.24, 2.45) is 5.41 Å². The summed E-state index contributed by atoms with van der Waals surface area (Å²) in [5.74, 6) is -0.414. The van der Waals surface area contributed by atoms with Crippen molar-refractivity contribution in [3.63, 3.8) is 0 Å². The molecule has 0 radical (unpaired) electrons. The molecule has 0 spiro atoms. The van der Waals surface area contributed by atoms with E-state index in [1.54, 1.807) is 30.3 Å². The molecule has 5 rings (SSSR count). The number of carboxylic acids is 1. The molecule has 4 aromatic rings. The van der Waals surface area contributed by atoms with Crippen LogP contribution >= 0.6 is 0 Å². The van der Waals surface area contributed by atoms with Crippen LogP contribution in [0.15, 0.2) is 63.9 Å².